The number of hydrogen-bond donors (Lipinski definition) is 2. The quantitative estimate of drug-likeness (QED) is 0.0575. The molecule has 2 aromatic heterocycles. The molecule has 2 N–H and O–H groups in total. The highest BCUT2D eigenvalue weighted by molar-refractivity contribution is 5.59. The fraction of sp³-hybridized carbons (Fsp3) is 0.469. The van der Waals surface area contributed by atoms with E-state index >= 15 is 0 Å². The van der Waals surface area contributed by atoms with Crippen molar-refractivity contribution in [2.45, 2.75) is 182 Å². The van der Waals surface area contributed by atoms with E-state index in [4.69, 9.17) is 9.47 Å². The summed E-state index contributed by atoms with van der Waals surface area (Å²) >= 11 is 0. The van der Waals surface area contributed by atoms with Crippen molar-refractivity contribution in [3.63, 3.8) is 0 Å². The van der Waals surface area contributed by atoms with E-state index in [-0.39, 0.29) is 21.7 Å². The Labute approximate surface area is 432 Å². The molecule has 0 unspecified atom stereocenters. The number of rotatable bonds is 16. The fourth-order valence-corrected chi connectivity index (χ4v) is 9.81. The molecular weight excluding hydrogens is 889 g/mol. The van der Waals surface area contributed by atoms with Crippen LogP contribution in [0.25, 0.3) is 0 Å². The number of fused-ring (bicyclic) bond motifs is 8. The van der Waals surface area contributed by atoms with Crippen molar-refractivity contribution in [2.24, 2.45) is 0 Å². The van der Waals surface area contributed by atoms with Crippen LogP contribution in [0.1, 0.15) is 176 Å². The maximum absolute atomic E-state index is 12.7. The van der Waals surface area contributed by atoms with E-state index in [0.29, 0.717) is 50.4 Å². The summed E-state index contributed by atoms with van der Waals surface area (Å²) in [5.41, 5.74) is 11.6. The molecule has 4 aromatic carbocycles. The Morgan fingerprint density at radius 1 is 0.458 bits per heavy atom. The largest absolute Gasteiger partial charge is 0.507 e. The number of allylic oxidation sites excluding steroid dienone is 2. The van der Waals surface area contributed by atoms with Gasteiger partial charge in [0.05, 0.1) is 26.3 Å². The number of aromatic hydroxyl groups is 2. The van der Waals surface area contributed by atoms with Gasteiger partial charge >= 0.3 is 0 Å². The zero-order valence-electron chi connectivity index (χ0n) is 46.1. The van der Waals surface area contributed by atoms with E-state index in [1.807, 2.05) is 12.2 Å². The monoisotopic (exact) mass is 975 g/mol. The molecule has 72 heavy (non-hydrogen) atoms. The van der Waals surface area contributed by atoms with Crippen molar-refractivity contribution >= 4 is 0 Å². The summed E-state index contributed by atoms with van der Waals surface area (Å²) < 4.78 is 22.8. The number of benzene rings is 4. The van der Waals surface area contributed by atoms with E-state index in [0.717, 1.165) is 108 Å². The Bertz CT molecular complexity index is 2570. The van der Waals surface area contributed by atoms with Crippen LogP contribution in [0.15, 0.2) is 111 Å². The summed E-state index contributed by atoms with van der Waals surface area (Å²) in [5, 5.41) is 25.5. The molecule has 8 nitrogen and oxygen atoms in total. The number of imidazole rings is 2. The molecule has 1 aliphatic rings. The minimum absolute atomic E-state index is 0.177. The highest BCUT2D eigenvalue weighted by atomic mass is 16.5. The van der Waals surface area contributed by atoms with Crippen LogP contribution >= 0.6 is 0 Å². The topological polar surface area (TPSA) is 76.5 Å². The highest BCUT2D eigenvalue weighted by Gasteiger charge is 2.29. The van der Waals surface area contributed by atoms with Gasteiger partial charge in [0.2, 0.25) is 12.7 Å². The van der Waals surface area contributed by atoms with Crippen molar-refractivity contribution < 1.29 is 28.8 Å². The zero-order chi connectivity index (χ0) is 52.2. The first kappa shape index (κ1) is 53.8. The van der Waals surface area contributed by atoms with Crippen LogP contribution in [-0.2, 0) is 73.5 Å². The fourth-order valence-electron chi connectivity index (χ4n) is 9.81. The van der Waals surface area contributed by atoms with Gasteiger partial charge in [0, 0.05) is 25.7 Å². The normalized spacial score (nSPS) is 13.3. The third kappa shape index (κ3) is 13.3. The van der Waals surface area contributed by atoms with Crippen molar-refractivity contribution in [3.8, 4) is 23.0 Å². The Morgan fingerprint density at radius 2 is 0.736 bits per heavy atom. The predicted octanol–water partition coefficient (Wildman–Crippen LogP) is 13.2. The van der Waals surface area contributed by atoms with Gasteiger partial charge in [-0.3, -0.25) is 0 Å². The average molecular weight is 975 g/mol. The van der Waals surface area contributed by atoms with Crippen molar-refractivity contribution in [1.29, 1.82) is 0 Å². The van der Waals surface area contributed by atoms with Crippen LogP contribution in [0.5, 0.6) is 23.0 Å². The molecule has 384 valence electrons. The van der Waals surface area contributed by atoms with Crippen molar-refractivity contribution in [1.82, 2.24) is 9.13 Å². The Morgan fingerprint density at radius 3 is 1.00 bits per heavy atom. The maximum Gasteiger partial charge on any atom is 0.244 e. The van der Waals surface area contributed by atoms with Crippen LogP contribution in [0.2, 0.25) is 0 Å². The lowest BCUT2D eigenvalue weighted by molar-refractivity contribution is -0.697. The maximum atomic E-state index is 12.7. The smallest absolute Gasteiger partial charge is 0.244 e. The van der Waals surface area contributed by atoms with E-state index < -0.39 is 0 Å². The molecule has 7 rings (SSSR count). The number of ether oxygens (including phenoxy) is 2. The molecular formula is C64H86N4O4+2. The molecule has 0 radical (unpaired) electrons. The van der Waals surface area contributed by atoms with Gasteiger partial charge in [-0.15, -0.1) is 0 Å². The van der Waals surface area contributed by atoms with Crippen LogP contribution in [0, 0.1) is 0 Å². The number of nitrogens with zero attached hydrogens (tertiary/aromatic N) is 4. The van der Waals surface area contributed by atoms with Crippen LogP contribution in [-0.4, -0.2) is 32.6 Å². The van der Waals surface area contributed by atoms with E-state index in [9.17, 15) is 10.2 Å². The molecule has 6 aromatic rings. The summed E-state index contributed by atoms with van der Waals surface area (Å²) in [6.07, 6.45) is 22.0. The second kappa shape index (κ2) is 22.0. The molecule has 0 saturated carbocycles. The number of unbranched alkanes of at least 4 members (excludes halogenated alkanes) is 2. The first-order valence-electron chi connectivity index (χ1n) is 26.5. The van der Waals surface area contributed by atoms with E-state index in [1.165, 1.54) is 22.3 Å². The van der Waals surface area contributed by atoms with Crippen molar-refractivity contribution in [2.75, 3.05) is 13.2 Å². The summed E-state index contributed by atoms with van der Waals surface area (Å²) in [6, 6.07) is 18.1. The lowest BCUT2D eigenvalue weighted by Gasteiger charge is -2.28. The zero-order valence-corrected chi connectivity index (χ0v) is 46.1. The predicted molar refractivity (Wildman–Crippen MR) is 294 cm³/mol. The summed E-state index contributed by atoms with van der Waals surface area (Å²) in [4.78, 5) is 0. The molecule has 8 heteroatoms. The SMILES string of the molecule is C=CCn1cc[n+](CCCCOc2c3cc(C(C)(C)C)cc2Cc2cc(C(C)(C)C)cc(c2O)Cc2cc(C(C)(C)C)cc(c2OCCCC[n+]2ccn(CC=C)c2)Cc2cc(C(C)(C)C)cc(c2O)C3)c1. The van der Waals surface area contributed by atoms with Gasteiger partial charge in [0.1, 0.15) is 60.9 Å². The third-order valence-corrected chi connectivity index (χ3v) is 14.3. The number of aromatic nitrogens is 4. The summed E-state index contributed by atoms with van der Waals surface area (Å²) in [6.45, 7) is 39.3. The van der Waals surface area contributed by atoms with Crippen LogP contribution in [0.4, 0.5) is 0 Å². The Hall–Kier alpha value is -6.02. The molecule has 0 atom stereocenters. The number of phenols is 2. The van der Waals surface area contributed by atoms with Gasteiger partial charge in [-0.2, -0.15) is 0 Å². The molecule has 0 amide bonds. The first-order valence-corrected chi connectivity index (χ1v) is 26.5. The lowest BCUT2D eigenvalue weighted by atomic mass is 9.79. The molecule has 0 spiro atoms. The number of phenolic OH excluding ortho intramolecular Hbond substituents is 2. The minimum atomic E-state index is -0.187. The number of hydrogen-bond acceptors (Lipinski definition) is 4. The van der Waals surface area contributed by atoms with Gasteiger partial charge in [0.15, 0.2) is 0 Å². The van der Waals surface area contributed by atoms with E-state index in [1.54, 1.807) is 0 Å². The molecule has 0 fully saturated rings. The molecule has 2 heterocycles. The van der Waals surface area contributed by atoms with Gasteiger partial charge in [-0.25, -0.2) is 18.3 Å². The summed E-state index contributed by atoms with van der Waals surface area (Å²) in [5.74, 6) is 2.31. The Kier molecular flexibility index (Phi) is 16.4. The van der Waals surface area contributed by atoms with Gasteiger partial charge < -0.3 is 19.7 Å². The second-order valence-electron chi connectivity index (χ2n) is 24.6. The molecule has 8 bridgehead atoms. The summed E-state index contributed by atoms with van der Waals surface area (Å²) in [7, 11) is 0. The molecule has 1 aliphatic carbocycles. The van der Waals surface area contributed by atoms with Gasteiger partial charge in [0.25, 0.3) is 0 Å². The number of aryl methyl sites for hydroxylation is 2. The standard InChI is InChI=1S/C64H84N4O4/c1-15-21-65-25-27-67(43-65)23-17-19-29-71-59-49-31-45-35-53(61(3,4)5)37-47(57(45)69)33-51-41-56(64(12,13)14)42-52(60(51)72-30-20-18-24-68-28-26-66(44-68)22-16-2)34-48-38-54(62(6,7)8)36-46(58(48)70)32-50(59)40-55(39-49)63(9,10)11/h15-16,25-28,35-44H,1-2,17-24,29-34H2,3-14H3/p+2. The second-order valence-corrected chi connectivity index (χ2v) is 24.6. The Balaban J connectivity index is 1.38. The third-order valence-electron chi connectivity index (χ3n) is 14.3. The van der Waals surface area contributed by atoms with E-state index in [2.05, 4.69) is 200 Å². The van der Waals surface area contributed by atoms with Crippen LogP contribution < -0.4 is 18.6 Å². The molecule has 0 saturated heterocycles. The van der Waals surface area contributed by atoms with Crippen molar-refractivity contribution in [3.05, 3.63) is 178 Å². The highest BCUT2D eigenvalue weighted by Crippen LogP contribution is 2.44. The van der Waals surface area contributed by atoms with Gasteiger partial charge in [-0.1, -0.05) is 157 Å². The first-order chi connectivity index (χ1) is 33.9. The lowest BCUT2D eigenvalue weighted by Crippen LogP contribution is -2.31. The van der Waals surface area contributed by atoms with Crippen LogP contribution in [0.3, 0.4) is 0 Å². The van der Waals surface area contributed by atoms with Gasteiger partial charge in [-0.05, 0) is 114 Å². The average Bonchev–Trinajstić information content (AvgIpc) is 3.94. The minimum Gasteiger partial charge on any atom is -0.507 e. The molecule has 0 aliphatic heterocycles.